The Morgan fingerprint density at radius 1 is 1.47 bits per heavy atom. The Morgan fingerprint density at radius 3 is 2.63 bits per heavy atom. The maximum atomic E-state index is 12.5. The summed E-state index contributed by atoms with van der Waals surface area (Å²) in [5.74, 6) is 0. The molecule has 1 aliphatic carbocycles. The van der Waals surface area contributed by atoms with Gasteiger partial charge in [-0.2, -0.15) is 9.40 Å². The zero-order valence-electron chi connectivity index (χ0n) is 11.9. The van der Waals surface area contributed by atoms with Crippen LogP contribution in [0.3, 0.4) is 0 Å². The van der Waals surface area contributed by atoms with Gasteiger partial charge in [0.1, 0.15) is 0 Å². The van der Waals surface area contributed by atoms with E-state index in [1.165, 1.54) is 17.1 Å². The minimum Gasteiger partial charge on any atom is -0.310 e. The molecule has 2 N–H and O–H groups in total. The molecule has 108 valence electrons. The molecule has 19 heavy (non-hydrogen) atoms. The second kappa shape index (κ2) is 5.22. The van der Waals surface area contributed by atoms with Crippen molar-refractivity contribution in [2.75, 3.05) is 7.05 Å². The van der Waals surface area contributed by atoms with E-state index in [1.807, 2.05) is 20.8 Å². The van der Waals surface area contributed by atoms with Gasteiger partial charge in [0, 0.05) is 36.9 Å². The number of aryl methyl sites for hydroxylation is 1. The van der Waals surface area contributed by atoms with Crippen molar-refractivity contribution in [1.82, 2.24) is 19.8 Å². The molecule has 1 aliphatic rings. The van der Waals surface area contributed by atoms with Crippen LogP contribution in [-0.4, -0.2) is 42.1 Å². The van der Waals surface area contributed by atoms with Crippen LogP contribution >= 0.6 is 0 Å². The first-order valence-corrected chi connectivity index (χ1v) is 8.03. The molecular formula is C12H22N4O2S. The normalized spacial score (nSPS) is 16.5. The van der Waals surface area contributed by atoms with Crippen molar-refractivity contribution in [2.24, 2.45) is 0 Å². The van der Waals surface area contributed by atoms with Crippen LogP contribution in [0, 0.1) is 6.92 Å². The monoisotopic (exact) mass is 286 g/mol. The van der Waals surface area contributed by atoms with Gasteiger partial charge in [-0.3, -0.25) is 5.10 Å². The van der Waals surface area contributed by atoms with E-state index in [0.717, 1.165) is 11.3 Å². The minimum absolute atomic E-state index is 0.0914. The van der Waals surface area contributed by atoms with Crippen LogP contribution < -0.4 is 5.32 Å². The standard InChI is InChI=1S/C12H22N4O2S/c1-8(2)16(4)19(17,18)12-11(9(3)14-15-12)7-13-10-5-6-10/h8,10,13H,5-7H2,1-4H3,(H,14,15). The van der Waals surface area contributed by atoms with E-state index in [1.54, 1.807) is 7.05 Å². The Hall–Kier alpha value is -0.920. The zero-order chi connectivity index (χ0) is 14.2. The van der Waals surface area contributed by atoms with Gasteiger partial charge in [0.2, 0.25) is 0 Å². The fourth-order valence-corrected chi connectivity index (χ4v) is 3.32. The van der Waals surface area contributed by atoms with Crippen molar-refractivity contribution in [3.8, 4) is 0 Å². The number of sulfonamides is 1. The van der Waals surface area contributed by atoms with Gasteiger partial charge >= 0.3 is 0 Å². The molecule has 0 aromatic carbocycles. The summed E-state index contributed by atoms with van der Waals surface area (Å²) >= 11 is 0. The summed E-state index contributed by atoms with van der Waals surface area (Å²) in [7, 11) is -1.94. The zero-order valence-corrected chi connectivity index (χ0v) is 12.7. The van der Waals surface area contributed by atoms with Gasteiger partial charge in [-0.05, 0) is 33.6 Å². The third-order valence-electron chi connectivity index (χ3n) is 3.53. The molecule has 1 aromatic heterocycles. The lowest BCUT2D eigenvalue weighted by molar-refractivity contribution is 0.408. The summed E-state index contributed by atoms with van der Waals surface area (Å²) in [6.45, 7) is 6.09. The molecule has 1 fully saturated rings. The highest BCUT2D eigenvalue weighted by Crippen LogP contribution is 2.23. The van der Waals surface area contributed by atoms with Crippen LogP contribution in [0.4, 0.5) is 0 Å². The Balaban J connectivity index is 2.27. The number of aromatic nitrogens is 2. The van der Waals surface area contributed by atoms with Crippen molar-refractivity contribution >= 4 is 10.0 Å². The summed E-state index contributed by atoms with van der Waals surface area (Å²) < 4.78 is 26.3. The van der Waals surface area contributed by atoms with E-state index in [-0.39, 0.29) is 11.1 Å². The molecule has 0 radical (unpaired) electrons. The lowest BCUT2D eigenvalue weighted by Gasteiger charge is -2.20. The molecule has 0 bridgehead atoms. The molecule has 0 unspecified atom stereocenters. The van der Waals surface area contributed by atoms with Crippen molar-refractivity contribution < 1.29 is 8.42 Å². The quantitative estimate of drug-likeness (QED) is 0.818. The number of hydrogen-bond acceptors (Lipinski definition) is 4. The topological polar surface area (TPSA) is 78.1 Å². The average Bonchev–Trinajstić information content (AvgIpc) is 3.09. The highest BCUT2D eigenvalue weighted by Gasteiger charge is 2.30. The smallest absolute Gasteiger partial charge is 0.262 e. The highest BCUT2D eigenvalue weighted by atomic mass is 32.2. The SMILES string of the molecule is Cc1[nH]nc(S(=O)(=O)N(C)C(C)C)c1CNC1CC1. The number of aromatic amines is 1. The molecule has 0 aliphatic heterocycles. The number of nitrogens with one attached hydrogen (secondary N) is 2. The number of nitrogens with zero attached hydrogens (tertiary/aromatic N) is 2. The fourth-order valence-electron chi connectivity index (χ4n) is 1.80. The number of rotatable bonds is 6. The molecular weight excluding hydrogens is 264 g/mol. The molecule has 1 saturated carbocycles. The molecule has 0 atom stereocenters. The molecule has 2 rings (SSSR count). The first kappa shape index (κ1) is 14.5. The van der Waals surface area contributed by atoms with Crippen molar-refractivity contribution in [1.29, 1.82) is 0 Å². The Bertz CT molecular complexity index is 546. The summed E-state index contributed by atoms with van der Waals surface area (Å²) in [5, 5.41) is 10.3. The predicted octanol–water partition coefficient (Wildman–Crippen LogP) is 0.999. The lowest BCUT2D eigenvalue weighted by Crippen LogP contribution is -2.34. The van der Waals surface area contributed by atoms with Crippen LogP contribution in [-0.2, 0) is 16.6 Å². The maximum absolute atomic E-state index is 12.5. The molecule has 0 spiro atoms. The van der Waals surface area contributed by atoms with E-state index < -0.39 is 10.0 Å². The largest absolute Gasteiger partial charge is 0.310 e. The summed E-state index contributed by atoms with van der Waals surface area (Å²) in [6, 6.07) is 0.443. The first-order valence-electron chi connectivity index (χ1n) is 6.59. The van der Waals surface area contributed by atoms with Crippen LogP contribution in [0.2, 0.25) is 0 Å². The summed E-state index contributed by atoms with van der Waals surface area (Å²) in [6.07, 6.45) is 2.34. The van der Waals surface area contributed by atoms with E-state index in [4.69, 9.17) is 0 Å². The maximum Gasteiger partial charge on any atom is 0.262 e. The van der Waals surface area contributed by atoms with Crippen molar-refractivity contribution in [2.45, 2.75) is 57.3 Å². The van der Waals surface area contributed by atoms with Gasteiger partial charge < -0.3 is 5.32 Å². The van der Waals surface area contributed by atoms with Crippen molar-refractivity contribution in [3.05, 3.63) is 11.3 Å². The Morgan fingerprint density at radius 2 is 2.11 bits per heavy atom. The van der Waals surface area contributed by atoms with Gasteiger partial charge in [-0.1, -0.05) is 0 Å². The van der Waals surface area contributed by atoms with E-state index >= 15 is 0 Å². The second-order valence-corrected chi connectivity index (χ2v) is 7.32. The van der Waals surface area contributed by atoms with E-state index in [0.29, 0.717) is 12.6 Å². The molecule has 0 amide bonds. The first-order chi connectivity index (χ1) is 8.84. The van der Waals surface area contributed by atoms with Crippen LogP contribution in [0.1, 0.15) is 37.9 Å². The summed E-state index contributed by atoms with van der Waals surface area (Å²) in [5.41, 5.74) is 1.56. The Labute approximate surface area is 114 Å². The third kappa shape index (κ3) is 2.98. The minimum atomic E-state index is -3.52. The molecule has 7 heteroatoms. The van der Waals surface area contributed by atoms with E-state index in [2.05, 4.69) is 15.5 Å². The van der Waals surface area contributed by atoms with Gasteiger partial charge in [0.15, 0.2) is 5.03 Å². The average molecular weight is 286 g/mol. The number of hydrogen-bond donors (Lipinski definition) is 2. The van der Waals surface area contributed by atoms with Gasteiger partial charge in [-0.25, -0.2) is 8.42 Å². The van der Waals surface area contributed by atoms with Crippen LogP contribution in [0.25, 0.3) is 0 Å². The number of H-pyrrole nitrogens is 1. The Kier molecular flexibility index (Phi) is 3.98. The lowest BCUT2D eigenvalue weighted by atomic mass is 10.2. The van der Waals surface area contributed by atoms with Gasteiger partial charge in [0.25, 0.3) is 10.0 Å². The van der Waals surface area contributed by atoms with Crippen LogP contribution in [0.5, 0.6) is 0 Å². The van der Waals surface area contributed by atoms with Crippen molar-refractivity contribution in [3.63, 3.8) is 0 Å². The second-order valence-electron chi connectivity index (χ2n) is 5.40. The van der Waals surface area contributed by atoms with Crippen LogP contribution in [0.15, 0.2) is 5.03 Å². The fraction of sp³-hybridized carbons (Fsp3) is 0.750. The molecule has 1 heterocycles. The van der Waals surface area contributed by atoms with Gasteiger partial charge in [0.05, 0.1) is 0 Å². The summed E-state index contributed by atoms with van der Waals surface area (Å²) in [4.78, 5) is 0. The molecule has 1 aromatic rings. The molecule has 0 saturated heterocycles. The molecule has 6 nitrogen and oxygen atoms in total. The third-order valence-corrected chi connectivity index (χ3v) is 5.54. The highest BCUT2D eigenvalue weighted by molar-refractivity contribution is 7.89. The predicted molar refractivity (Wildman–Crippen MR) is 73.3 cm³/mol. The van der Waals surface area contributed by atoms with E-state index in [9.17, 15) is 8.42 Å². The van der Waals surface area contributed by atoms with Gasteiger partial charge in [-0.15, -0.1) is 0 Å².